The van der Waals surface area contributed by atoms with Gasteiger partial charge in [0.1, 0.15) is 5.69 Å². The summed E-state index contributed by atoms with van der Waals surface area (Å²) in [6.45, 7) is 4.82. The first kappa shape index (κ1) is 15.0. The van der Waals surface area contributed by atoms with Gasteiger partial charge in [-0.05, 0) is 36.9 Å². The second kappa shape index (κ2) is 6.46. The molecular formula is C16H17N3OS2. The Hall–Kier alpha value is -1.92. The number of amides is 1. The van der Waals surface area contributed by atoms with Gasteiger partial charge in [0, 0.05) is 16.0 Å². The molecule has 22 heavy (non-hydrogen) atoms. The molecule has 4 nitrogen and oxygen atoms in total. The van der Waals surface area contributed by atoms with Crippen molar-refractivity contribution in [2.24, 2.45) is 0 Å². The number of carbonyl (C=O) groups is 1. The fourth-order valence-electron chi connectivity index (χ4n) is 2.30. The van der Waals surface area contributed by atoms with Crippen LogP contribution in [-0.4, -0.2) is 15.5 Å². The fourth-order valence-corrected chi connectivity index (χ4v) is 3.90. The van der Waals surface area contributed by atoms with E-state index in [-0.39, 0.29) is 5.91 Å². The van der Waals surface area contributed by atoms with Crippen LogP contribution in [0, 0.1) is 6.92 Å². The van der Waals surface area contributed by atoms with Crippen LogP contribution < -0.4 is 5.32 Å². The Bertz CT molecular complexity index is 771. The van der Waals surface area contributed by atoms with E-state index in [1.165, 1.54) is 16.2 Å². The van der Waals surface area contributed by atoms with Crippen LogP contribution in [0.25, 0.3) is 0 Å². The van der Waals surface area contributed by atoms with Crippen molar-refractivity contribution < 1.29 is 4.79 Å². The zero-order valence-corrected chi connectivity index (χ0v) is 14.1. The van der Waals surface area contributed by atoms with Crippen molar-refractivity contribution in [3.63, 3.8) is 0 Å². The van der Waals surface area contributed by atoms with Gasteiger partial charge in [-0.2, -0.15) is 0 Å². The Morgan fingerprint density at radius 1 is 1.36 bits per heavy atom. The number of nitrogens with zero attached hydrogens (tertiary/aromatic N) is 2. The van der Waals surface area contributed by atoms with E-state index >= 15 is 0 Å². The minimum Gasteiger partial charge on any atom is -0.338 e. The largest absolute Gasteiger partial charge is 0.338 e. The highest BCUT2D eigenvalue weighted by molar-refractivity contribution is 7.15. The summed E-state index contributed by atoms with van der Waals surface area (Å²) < 4.78 is 1.96. The SMILES string of the molecule is CCc1nc(NC(=O)c2cccn2Cc2cccs2)sc1C. The highest BCUT2D eigenvalue weighted by atomic mass is 32.1. The van der Waals surface area contributed by atoms with Crippen LogP contribution in [0.4, 0.5) is 5.13 Å². The number of aromatic nitrogens is 2. The zero-order chi connectivity index (χ0) is 15.5. The maximum atomic E-state index is 12.5. The summed E-state index contributed by atoms with van der Waals surface area (Å²) in [6, 6.07) is 7.83. The molecule has 3 aromatic heterocycles. The lowest BCUT2D eigenvalue weighted by Crippen LogP contribution is -2.16. The molecule has 0 unspecified atom stereocenters. The van der Waals surface area contributed by atoms with Crippen LogP contribution in [0.3, 0.4) is 0 Å². The predicted molar refractivity (Wildman–Crippen MR) is 92.0 cm³/mol. The van der Waals surface area contributed by atoms with E-state index in [1.807, 2.05) is 41.3 Å². The average molecular weight is 331 g/mol. The summed E-state index contributed by atoms with van der Waals surface area (Å²) in [5, 5.41) is 5.63. The van der Waals surface area contributed by atoms with Crippen molar-refractivity contribution >= 4 is 33.7 Å². The van der Waals surface area contributed by atoms with Crippen molar-refractivity contribution in [1.29, 1.82) is 0 Å². The smallest absolute Gasteiger partial charge is 0.274 e. The van der Waals surface area contributed by atoms with E-state index in [0.717, 1.165) is 17.0 Å². The number of anilines is 1. The summed E-state index contributed by atoms with van der Waals surface area (Å²) >= 11 is 3.22. The third kappa shape index (κ3) is 3.13. The summed E-state index contributed by atoms with van der Waals surface area (Å²) in [5.74, 6) is -0.113. The number of hydrogen-bond donors (Lipinski definition) is 1. The maximum absolute atomic E-state index is 12.5. The summed E-state index contributed by atoms with van der Waals surface area (Å²) in [6.07, 6.45) is 2.81. The van der Waals surface area contributed by atoms with Gasteiger partial charge in [0.25, 0.3) is 5.91 Å². The van der Waals surface area contributed by atoms with Crippen LogP contribution in [0.15, 0.2) is 35.8 Å². The minimum absolute atomic E-state index is 0.113. The third-order valence-electron chi connectivity index (χ3n) is 3.42. The first-order chi connectivity index (χ1) is 10.7. The molecule has 0 radical (unpaired) electrons. The molecule has 0 aliphatic rings. The Morgan fingerprint density at radius 3 is 2.91 bits per heavy atom. The second-order valence-corrected chi connectivity index (χ2v) is 7.17. The van der Waals surface area contributed by atoms with Gasteiger partial charge in [-0.15, -0.1) is 22.7 Å². The van der Waals surface area contributed by atoms with E-state index < -0.39 is 0 Å². The Kier molecular flexibility index (Phi) is 4.40. The fraction of sp³-hybridized carbons (Fsp3) is 0.250. The molecular weight excluding hydrogens is 314 g/mol. The van der Waals surface area contributed by atoms with Gasteiger partial charge >= 0.3 is 0 Å². The first-order valence-electron chi connectivity index (χ1n) is 7.12. The number of thiophene rings is 1. The molecule has 0 aromatic carbocycles. The molecule has 0 aliphatic heterocycles. The Balaban J connectivity index is 1.76. The monoisotopic (exact) mass is 331 g/mol. The van der Waals surface area contributed by atoms with Gasteiger partial charge in [0.05, 0.1) is 12.2 Å². The molecule has 1 N–H and O–H groups in total. The standard InChI is InChI=1S/C16H17N3OS2/c1-3-13-11(2)22-16(17-13)18-15(20)14-7-4-8-19(14)10-12-6-5-9-21-12/h4-9H,3,10H2,1-2H3,(H,17,18,20). The van der Waals surface area contributed by atoms with E-state index in [9.17, 15) is 4.79 Å². The highest BCUT2D eigenvalue weighted by Crippen LogP contribution is 2.23. The molecule has 0 saturated carbocycles. The molecule has 0 saturated heterocycles. The molecule has 0 spiro atoms. The molecule has 0 fully saturated rings. The van der Waals surface area contributed by atoms with Crippen LogP contribution in [0.2, 0.25) is 0 Å². The lowest BCUT2D eigenvalue weighted by atomic mass is 10.3. The second-order valence-electron chi connectivity index (χ2n) is 4.93. The Morgan fingerprint density at radius 2 is 2.23 bits per heavy atom. The molecule has 114 valence electrons. The number of hydrogen-bond acceptors (Lipinski definition) is 4. The van der Waals surface area contributed by atoms with Gasteiger partial charge < -0.3 is 4.57 Å². The molecule has 3 heterocycles. The van der Waals surface area contributed by atoms with Crippen LogP contribution in [-0.2, 0) is 13.0 Å². The normalized spacial score (nSPS) is 10.8. The summed E-state index contributed by atoms with van der Waals surface area (Å²) in [4.78, 5) is 19.3. The number of thiazole rings is 1. The predicted octanol–water partition coefficient (Wildman–Crippen LogP) is 4.18. The number of carbonyl (C=O) groups excluding carboxylic acids is 1. The van der Waals surface area contributed by atoms with Gasteiger partial charge in [-0.3, -0.25) is 10.1 Å². The molecule has 0 aliphatic carbocycles. The quantitative estimate of drug-likeness (QED) is 0.762. The molecule has 0 atom stereocenters. The number of nitrogens with one attached hydrogen (secondary N) is 1. The van der Waals surface area contributed by atoms with Crippen molar-refractivity contribution in [1.82, 2.24) is 9.55 Å². The molecule has 1 amide bonds. The van der Waals surface area contributed by atoms with E-state index in [2.05, 4.69) is 23.3 Å². The number of rotatable bonds is 5. The molecule has 6 heteroatoms. The van der Waals surface area contributed by atoms with Crippen LogP contribution in [0.1, 0.15) is 32.9 Å². The Labute approximate surface area is 137 Å². The molecule has 0 bridgehead atoms. The van der Waals surface area contributed by atoms with E-state index in [4.69, 9.17) is 0 Å². The zero-order valence-electron chi connectivity index (χ0n) is 12.5. The minimum atomic E-state index is -0.113. The first-order valence-corrected chi connectivity index (χ1v) is 8.82. The summed E-state index contributed by atoms with van der Waals surface area (Å²) in [5.41, 5.74) is 1.70. The third-order valence-corrected chi connectivity index (χ3v) is 5.21. The van der Waals surface area contributed by atoms with Crippen LogP contribution >= 0.6 is 22.7 Å². The maximum Gasteiger partial charge on any atom is 0.274 e. The van der Waals surface area contributed by atoms with E-state index in [0.29, 0.717) is 17.4 Å². The lowest BCUT2D eigenvalue weighted by molar-refractivity contribution is 0.101. The lowest BCUT2D eigenvalue weighted by Gasteiger charge is -2.07. The van der Waals surface area contributed by atoms with Crippen molar-refractivity contribution in [3.05, 3.63) is 57.0 Å². The van der Waals surface area contributed by atoms with Crippen molar-refractivity contribution in [2.75, 3.05) is 5.32 Å². The number of aryl methyl sites for hydroxylation is 2. The van der Waals surface area contributed by atoms with Gasteiger partial charge in [0.15, 0.2) is 5.13 Å². The van der Waals surface area contributed by atoms with Crippen molar-refractivity contribution in [2.45, 2.75) is 26.8 Å². The van der Waals surface area contributed by atoms with Gasteiger partial charge in [0.2, 0.25) is 0 Å². The van der Waals surface area contributed by atoms with Gasteiger partial charge in [-0.25, -0.2) is 4.98 Å². The molecule has 3 rings (SSSR count). The van der Waals surface area contributed by atoms with Crippen LogP contribution in [0.5, 0.6) is 0 Å². The van der Waals surface area contributed by atoms with E-state index in [1.54, 1.807) is 11.3 Å². The molecule has 3 aromatic rings. The average Bonchev–Trinajstić information content (AvgIpc) is 3.21. The van der Waals surface area contributed by atoms with Crippen molar-refractivity contribution in [3.8, 4) is 0 Å². The topological polar surface area (TPSA) is 46.9 Å². The van der Waals surface area contributed by atoms with Gasteiger partial charge in [-0.1, -0.05) is 13.0 Å². The summed E-state index contributed by atoms with van der Waals surface area (Å²) in [7, 11) is 0. The highest BCUT2D eigenvalue weighted by Gasteiger charge is 2.14.